The van der Waals surface area contributed by atoms with Crippen LogP contribution in [0.15, 0.2) is 42.5 Å². The van der Waals surface area contributed by atoms with Crippen molar-refractivity contribution in [2.24, 2.45) is 0 Å². The van der Waals surface area contributed by atoms with Crippen molar-refractivity contribution in [2.45, 2.75) is 31.2 Å². The predicted molar refractivity (Wildman–Crippen MR) is 84.9 cm³/mol. The molecule has 2 aromatic rings. The van der Waals surface area contributed by atoms with Crippen molar-refractivity contribution in [3.05, 3.63) is 64.7 Å². The van der Waals surface area contributed by atoms with Crippen LogP contribution >= 0.6 is 0 Å². The van der Waals surface area contributed by atoms with Gasteiger partial charge in [0.2, 0.25) is 0 Å². The lowest BCUT2D eigenvalue weighted by molar-refractivity contribution is 0.326. The van der Waals surface area contributed by atoms with Crippen LogP contribution in [0.3, 0.4) is 0 Å². The molecular formula is C19H21NO. The molecule has 0 fully saturated rings. The molecule has 4 rings (SSSR count). The topological polar surface area (TPSA) is 21.3 Å². The number of benzene rings is 2. The quantitative estimate of drug-likeness (QED) is 0.863. The molecule has 2 aliphatic rings. The summed E-state index contributed by atoms with van der Waals surface area (Å²) in [6.07, 6.45) is 4.71. The standard InChI is InChI=1S/C19H21NO/c1-21-16-8-9-18-15(13-16)10-12-20-19(18)11-4-6-14-5-2-3-7-17(14)19/h2-3,5,7-9,13,20H,4,6,10-12H2,1H3. The average molecular weight is 279 g/mol. The molecule has 1 atom stereocenters. The van der Waals surface area contributed by atoms with Gasteiger partial charge in [0, 0.05) is 6.54 Å². The van der Waals surface area contributed by atoms with Crippen LogP contribution in [-0.2, 0) is 18.4 Å². The zero-order valence-electron chi connectivity index (χ0n) is 12.5. The van der Waals surface area contributed by atoms with E-state index in [1.54, 1.807) is 7.11 Å². The van der Waals surface area contributed by atoms with Crippen LogP contribution in [0, 0.1) is 0 Å². The monoisotopic (exact) mass is 279 g/mol. The minimum Gasteiger partial charge on any atom is -0.497 e. The summed E-state index contributed by atoms with van der Waals surface area (Å²) >= 11 is 0. The third kappa shape index (κ3) is 1.90. The van der Waals surface area contributed by atoms with Gasteiger partial charge in [-0.05, 0) is 60.1 Å². The number of ether oxygens (including phenoxy) is 1. The summed E-state index contributed by atoms with van der Waals surface area (Å²) in [4.78, 5) is 0. The Morgan fingerprint density at radius 2 is 1.86 bits per heavy atom. The summed E-state index contributed by atoms with van der Waals surface area (Å²) < 4.78 is 5.41. The lowest BCUT2D eigenvalue weighted by Gasteiger charge is -2.44. The summed E-state index contributed by atoms with van der Waals surface area (Å²) in [6.45, 7) is 1.04. The second kappa shape index (κ2) is 4.88. The van der Waals surface area contributed by atoms with E-state index >= 15 is 0 Å². The molecule has 1 N–H and O–H groups in total. The fourth-order valence-electron chi connectivity index (χ4n) is 4.12. The Morgan fingerprint density at radius 1 is 1.00 bits per heavy atom. The van der Waals surface area contributed by atoms with E-state index in [0.29, 0.717) is 0 Å². The summed E-state index contributed by atoms with van der Waals surface area (Å²) in [5.74, 6) is 0.967. The van der Waals surface area contributed by atoms with Crippen molar-refractivity contribution in [1.29, 1.82) is 0 Å². The Labute approximate surface area is 126 Å². The maximum absolute atomic E-state index is 5.41. The Bertz CT molecular complexity index is 675. The van der Waals surface area contributed by atoms with E-state index in [-0.39, 0.29) is 5.54 Å². The first-order valence-electron chi connectivity index (χ1n) is 7.84. The highest BCUT2D eigenvalue weighted by atomic mass is 16.5. The van der Waals surface area contributed by atoms with Gasteiger partial charge < -0.3 is 10.1 Å². The molecule has 21 heavy (non-hydrogen) atoms. The number of hydrogen-bond acceptors (Lipinski definition) is 2. The van der Waals surface area contributed by atoms with E-state index in [1.807, 2.05) is 0 Å². The highest BCUT2D eigenvalue weighted by Crippen LogP contribution is 2.44. The fourth-order valence-corrected chi connectivity index (χ4v) is 4.12. The molecule has 2 nitrogen and oxygen atoms in total. The molecule has 0 saturated heterocycles. The number of hydrogen-bond donors (Lipinski definition) is 1. The van der Waals surface area contributed by atoms with Gasteiger partial charge in [0.1, 0.15) is 5.75 Å². The lowest BCUT2D eigenvalue weighted by atomic mass is 9.69. The average Bonchev–Trinajstić information content (AvgIpc) is 2.55. The normalized spacial score (nSPS) is 23.5. The van der Waals surface area contributed by atoms with Gasteiger partial charge in [-0.1, -0.05) is 30.3 Å². The van der Waals surface area contributed by atoms with Crippen LogP contribution in [0.2, 0.25) is 0 Å². The highest BCUT2D eigenvalue weighted by Gasteiger charge is 2.40. The summed E-state index contributed by atoms with van der Waals surface area (Å²) in [5.41, 5.74) is 5.86. The van der Waals surface area contributed by atoms with Crippen molar-refractivity contribution in [2.75, 3.05) is 13.7 Å². The van der Waals surface area contributed by atoms with Gasteiger partial charge in [-0.3, -0.25) is 0 Å². The number of nitrogens with one attached hydrogen (secondary N) is 1. The number of aryl methyl sites for hydroxylation is 1. The molecule has 2 heteroatoms. The highest BCUT2D eigenvalue weighted by molar-refractivity contribution is 5.51. The second-order valence-electron chi connectivity index (χ2n) is 6.12. The first kappa shape index (κ1) is 12.9. The lowest BCUT2D eigenvalue weighted by Crippen LogP contribution is -2.50. The maximum atomic E-state index is 5.41. The largest absolute Gasteiger partial charge is 0.497 e. The first-order valence-corrected chi connectivity index (χ1v) is 7.84. The minimum atomic E-state index is 0.00863. The van der Waals surface area contributed by atoms with Crippen LogP contribution in [0.5, 0.6) is 5.75 Å². The van der Waals surface area contributed by atoms with E-state index in [9.17, 15) is 0 Å². The molecule has 0 amide bonds. The van der Waals surface area contributed by atoms with Crippen molar-refractivity contribution in [1.82, 2.24) is 5.32 Å². The molecule has 1 aliphatic carbocycles. The molecule has 108 valence electrons. The SMILES string of the molecule is COc1ccc2c(c1)CCNC21CCCc2ccccc21. The molecule has 0 saturated carbocycles. The zero-order valence-corrected chi connectivity index (χ0v) is 12.5. The van der Waals surface area contributed by atoms with Gasteiger partial charge in [-0.2, -0.15) is 0 Å². The molecule has 1 heterocycles. The van der Waals surface area contributed by atoms with Gasteiger partial charge in [-0.25, -0.2) is 0 Å². The Hall–Kier alpha value is -1.80. The van der Waals surface area contributed by atoms with Gasteiger partial charge >= 0.3 is 0 Å². The van der Waals surface area contributed by atoms with Crippen LogP contribution < -0.4 is 10.1 Å². The first-order chi connectivity index (χ1) is 10.3. The van der Waals surface area contributed by atoms with Crippen LogP contribution in [0.1, 0.15) is 35.1 Å². The van der Waals surface area contributed by atoms with Crippen molar-refractivity contribution in [3.8, 4) is 5.75 Å². The number of methoxy groups -OCH3 is 1. The Morgan fingerprint density at radius 3 is 2.76 bits per heavy atom. The van der Waals surface area contributed by atoms with E-state index in [1.165, 1.54) is 41.5 Å². The number of fused-ring (bicyclic) bond motifs is 4. The molecule has 1 spiro atoms. The Balaban J connectivity index is 1.92. The molecule has 0 aromatic heterocycles. The van der Waals surface area contributed by atoms with Gasteiger partial charge in [0.25, 0.3) is 0 Å². The van der Waals surface area contributed by atoms with Gasteiger partial charge in [0.15, 0.2) is 0 Å². The third-order valence-corrected chi connectivity index (χ3v) is 5.07. The van der Waals surface area contributed by atoms with E-state index in [0.717, 1.165) is 18.7 Å². The Kier molecular flexibility index (Phi) is 3.00. The van der Waals surface area contributed by atoms with E-state index in [4.69, 9.17) is 4.74 Å². The van der Waals surface area contributed by atoms with Crippen molar-refractivity contribution < 1.29 is 4.74 Å². The molecule has 1 unspecified atom stereocenters. The van der Waals surface area contributed by atoms with Gasteiger partial charge in [-0.15, -0.1) is 0 Å². The summed E-state index contributed by atoms with van der Waals surface area (Å²) in [6, 6.07) is 15.5. The van der Waals surface area contributed by atoms with Crippen molar-refractivity contribution in [3.63, 3.8) is 0 Å². The van der Waals surface area contributed by atoms with E-state index in [2.05, 4.69) is 47.8 Å². The summed E-state index contributed by atoms with van der Waals surface area (Å²) in [5, 5.41) is 3.84. The smallest absolute Gasteiger partial charge is 0.119 e. The molecule has 0 bridgehead atoms. The fraction of sp³-hybridized carbons (Fsp3) is 0.368. The van der Waals surface area contributed by atoms with Crippen LogP contribution in [0.25, 0.3) is 0 Å². The molecule has 0 radical (unpaired) electrons. The predicted octanol–water partition coefficient (Wildman–Crippen LogP) is 3.42. The van der Waals surface area contributed by atoms with Crippen molar-refractivity contribution >= 4 is 0 Å². The van der Waals surface area contributed by atoms with Crippen LogP contribution in [-0.4, -0.2) is 13.7 Å². The number of rotatable bonds is 1. The minimum absolute atomic E-state index is 0.00863. The zero-order chi connectivity index (χ0) is 14.3. The maximum Gasteiger partial charge on any atom is 0.119 e. The molecule has 2 aromatic carbocycles. The summed E-state index contributed by atoms with van der Waals surface area (Å²) in [7, 11) is 1.74. The molecule has 1 aliphatic heterocycles. The molecular weight excluding hydrogens is 258 g/mol. The van der Waals surface area contributed by atoms with E-state index < -0.39 is 0 Å². The second-order valence-corrected chi connectivity index (χ2v) is 6.12. The third-order valence-electron chi connectivity index (χ3n) is 5.07. The van der Waals surface area contributed by atoms with Crippen LogP contribution in [0.4, 0.5) is 0 Å². The van der Waals surface area contributed by atoms with Gasteiger partial charge in [0.05, 0.1) is 12.6 Å².